The van der Waals surface area contributed by atoms with E-state index >= 15 is 0 Å². The molecule has 1 saturated heterocycles. The Morgan fingerprint density at radius 2 is 2.00 bits per heavy atom. The number of rotatable bonds is 5. The minimum atomic E-state index is -0.767. The number of carbonyl (C=O) groups is 1. The van der Waals surface area contributed by atoms with Crippen molar-refractivity contribution >= 4 is 11.6 Å². The van der Waals surface area contributed by atoms with E-state index in [-0.39, 0.29) is 28.8 Å². The summed E-state index contributed by atoms with van der Waals surface area (Å²) in [6.07, 6.45) is 4.25. The number of nitrogens with zero attached hydrogens (tertiary/aromatic N) is 4. The third kappa shape index (κ3) is 4.17. The predicted octanol–water partition coefficient (Wildman–Crippen LogP) is 3.70. The van der Waals surface area contributed by atoms with Gasteiger partial charge in [0.05, 0.1) is 11.3 Å². The summed E-state index contributed by atoms with van der Waals surface area (Å²) in [5.74, 6) is -1.30. The molecule has 2 fully saturated rings. The highest BCUT2D eigenvalue weighted by atomic mass is 19.1. The second kappa shape index (κ2) is 8.14. The van der Waals surface area contributed by atoms with Crippen LogP contribution in [0.5, 0.6) is 0 Å². The first-order valence-electron chi connectivity index (χ1n) is 10.8. The Kier molecular flexibility index (Phi) is 5.63. The molecule has 2 aliphatic rings. The highest BCUT2D eigenvalue weighted by Crippen LogP contribution is 2.41. The van der Waals surface area contributed by atoms with E-state index < -0.39 is 17.2 Å². The fraction of sp³-hybridized carbons (Fsp3) is 0.458. The van der Waals surface area contributed by atoms with Gasteiger partial charge in [-0.05, 0) is 56.7 Å². The summed E-state index contributed by atoms with van der Waals surface area (Å²) in [5.41, 5.74) is 7.04. The number of hydrogen-bond acceptors (Lipinski definition) is 5. The number of halogens is 2. The van der Waals surface area contributed by atoms with E-state index in [9.17, 15) is 18.8 Å². The summed E-state index contributed by atoms with van der Waals surface area (Å²) in [5, 5.41) is 9.76. The Hall–Kier alpha value is -3.05. The van der Waals surface area contributed by atoms with Crippen LogP contribution in [0.4, 0.5) is 14.5 Å². The largest absolute Gasteiger partial charge is 0.368 e. The summed E-state index contributed by atoms with van der Waals surface area (Å²) >= 11 is 0. The number of amides is 1. The van der Waals surface area contributed by atoms with Crippen LogP contribution in [0, 0.1) is 28.9 Å². The second-order valence-corrected chi connectivity index (χ2v) is 9.33. The lowest BCUT2D eigenvalue weighted by Gasteiger charge is -2.30. The molecule has 168 valence electrons. The van der Waals surface area contributed by atoms with Crippen molar-refractivity contribution in [2.75, 3.05) is 25.0 Å². The number of anilines is 1. The van der Waals surface area contributed by atoms with Gasteiger partial charge in [-0.3, -0.25) is 4.79 Å². The first-order valence-corrected chi connectivity index (χ1v) is 10.8. The van der Waals surface area contributed by atoms with Crippen molar-refractivity contribution < 1.29 is 13.6 Å². The Labute approximate surface area is 186 Å². The summed E-state index contributed by atoms with van der Waals surface area (Å²) < 4.78 is 28.2. The van der Waals surface area contributed by atoms with Crippen molar-refractivity contribution in [1.82, 2.24) is 9.88 Å². The normalized spacial score (nSPS) is 21.3. The van der Waals surface area contributed by atoms with Crippen LogP contribution in [-0.2, 0) is 0 Å². The number of pyridine rings is 1. The second-order valence-electron chi connectivity index (χ2n) is 9.33. The van der Waals surface area contributed by atoms with Gasteiger partial charge in [0.1, 0.15) is 23.4 Å². The lowest BCUT2D eigenvalue weighted by Crippen LogP contribution is -2.40. The molecule has 4 rings (SSSR count). The zero-order valence-corrected chi connectivity index (χ0v) is 18.5. The summed E-state index contributed by atoms with van der Waals surface area (Å²) in [6.45, 7) is 4.93. The SMILES string of the molecule is CC(C1CC1)N(C)C(=O)c1cnc(C#N)c(-c2cc(F)cc(F)c2)c1N1CC[C@](C)(N)C1. The molecule has 0 spiro atoms. The van der Waals surface area contributed by atoms with E-state index in [0.717, 1.165) is 31.0 Å². The van der Waals surface area contributed by atoms with Crippen LogP contribution < -0.4 is 10.6 Å². The van der Waals surface area contributed by atoms with E-state index in [0.29, 0.717) is 36.7 Å². The van der Waals surface area contributed by atoms with Crippen molar-refractivity contribution in [1.29, 1.82) is 5.26 Å². The van der Waals surface area contributed by atoms with Crippen LogP contribution in [0.2, 0.25) is 0 Å². The van der Waals surface area contributed by atoms with Gasteiger partial charge in [0.2, 0.25) is 0 Å². The molecular formula is C24H27F2N5O. The highest BCUT2D eigenvalue weighted by molar-refractivity contribution is 6.04. The monoisotopic (exact) mass is 439 g/mol. The Morgan fingerprint density at radius 3 is 2.53 bits per heavy atom. The molecule has 2 heterocycles. The summed E-state index contributed by atoms with van der Waals surface area (Å²) in [6, 6.07) is 5.17. The average Bonchev–Trinajstić information content (AvgIpc) is 3.53. The third-order valence-electron chi connectivity index (χ3n) is 6.60. The van der Waals surface area contributed by atoms with Gasteiger partial charge < -0.3 is 15.5 Å². The van der Waals surface area contributed by atoms with Gasteiger partial charge in [0, 0.05) is 49.5 Å². The maximum Gasteiger partial charge on any atom is 0.257 e. The maximum absolute atomic E-state index is 14.1. The van der Waals surface area contributed by atoms with Crippen LogP contribution in [-0.4, -0.2) is 47.5 Å². The first kappa shape index (κ1) is 22.2. The molecule has 0 bridgehead atoms. The molecule has 8 heteroatoms. The van der Waals surface area contributed by atoms with Crippen molar-refractivity contribution in [2.45, 2.75) is 44.7 Å². The number of nitrogens with two attached hydrogens (primary N) is 1. The van der Waals surface area contributed by atoms with Gasteiger partial charge in [-0.2, -0.15) is 5.26 Å². The van der Waals surface area contributed by atoms with Gasteiger partial charge in [0.25, 0.3) is 5.91 Å². The zero-order valence-electron chi connectivity index (χ0n) is 18.5. The average molecular weight is 440 g/mol. The molecule has 0 radical (unpaired) electrons. The maximum atomic E-state index is 14.1. The van der Waals surface area contributed by atoms with E-state index in [1.54, 1.807) is 11.9 Å². The van der Waals surface area contributed by atoms with E-state index in [4.69, 9.17) is 5.73 Å². The Morgan fingerprint density at radius 1 is 1.34 bits per heavy atom. The molecule has 1 aromatic carbocycles. The molecule has 2 aromatic rings. The van der Waals surface area contributed by atoms with Crippen LogP contribution in [0.3, 0.4) is 0 Å². The van der Waals surface area contributed by atoms with Crippen molar-refractivity contribution in [3.63, 3.8) is 0 Å². The van der Waals surface area contributed by atoms with E-state index in [2.05, 4.69) is 4.98 Å². The molecule has 1 unspecified atom stereocenters. The lowest BCUT2D eigenvalue weighted by atomic mass is 9.97. The molecule has 2 atom stereocenters. The Balaban J connectivity index is 1.92. The molecule has 6 nitrogen and oxygen atoms in total. The number of benzene rings is 1. The third-order valence-corrected chi connectivity index (χ3v) is 6.60. The van der Waals surface area contributed by atoms with Crippen molar-refractivity contribution in [3.8, 4) is 17.2 Å². The van der Waals surface area contributed by atoms with Crippen LogP contribution in [0.1, 0.15) is 49.2 Å². The minimum Gasteiger partial charge on any atom is -0.368 e. The quantitative estimate of drug-likeness (QED) is 0.768. The molecule has 1 amide bonds. The number of hydrogen-bond donors (Lipinski definition) is 1. The summed E-state index contributed by atoms with van der Waals surface area (Å²) in [4.78, 5) is 21.4. The molecule has 32 heavy (non-hydrogen) atoms. The number of carbonyl (C=O) groups excluding carboxylic acids is 1. The van der Waals surface area contributed by atoms with Crippen LogP contribution in [0.25, 0.3) is 11.1 Å². The molecule has 2 N–H and O–H groups in total. The number of aromatic nitrogens is 1. The smallest absolute Gasteiger partial charge is 0.257 e. The van der Waals surface area contributed by atoms with Crippen molar-refractivity contribution in [2.24, 2.45) is 11.7 Å². The summed E-state index contributed by atoms with van der Waals surface area (Å²) in [7, 11) is 1.76. The van der Waals surface area contributed by atoms with E-state index in [1.807, 2.05) is 24.8 Å². The predicted molar refractivity (Wildman–Crippen MR) is 118 cm³/mol. The first-order chi connectivity index (χ1) is 15.1. The standard InChI is InChI=1S/C24H27F2N5O/c1-14(15-4-5-15)30(3)23(32)19-12-29-20(11-27)21(16-8-17(25)10-18(26)9-16)22(19)31-7-6-24(2,28)13-31/h8-10,12,14-15H,4-7,13,28H2,1-3H3/t14?,24-/m0/s1. The fourth-order valence-electron chi connectivity index (χ4n) is 4.49. The van der Waals surface area contributed by atoms with Crippen LogP contribution >= 0.6 is 0 Å². The number of nitriles is 1. The zero-order chi connectivity index (χ0) is 23.2. The lowest BCUT2D eigenvalue weighted by molar-refractivity contribution is 0.0727. The highest BCUT2D eigenvalue weighted by Gasteiger charge is 2.37. The topological polar surface area (TPSA) is 86.2 Å². The van der Waals surface area contributed by atoms with Gasteiger partial charge in [-0.15, -0.1) is 0 Å². The van der Waals surface area contributed by atoms with Gasteiger partial charge in [0.15, 0.2) is 0 Å². The van der Waals surface area contributed by atoms with E-state index in [1.165, 1.54) is 6.20 Å². The minimum absolute atomic E-state index is 0.00469. The van der Waals surface area contributed by atoms with Crippen LogP contribution in [0.15, 0.2) is 24.4 Å². The van der Waals surface area contributed by atoms with Crippen molar-refractivity contribution in [3.05, 3.63) is 47.3 Å². The molecule has 1 aromatic heterocycles. The van der Waals surface area contributed by atoms with Gasteiger partial charge in [-0.1, -0.05) is 0 Å². The molecule has 1 aliphatic heterocycles. The molecular weight excluding hydrogens is 412 g/mol. The van der Waals surface area contributed by atoms with Gasteiger partial charge >= 0.3 is 0 Å². The molecule has 1 aliphatic carbocycles. The Bertz CT molecular complexity index is 1090. The van der Waals surface area contributed by atoms with Gasteiger partial charge in [-0.25, -0.2) is 13.8 Å². The fourth-order valence-corrected chi connectivity index (χ4v) is 4.49. The molecule has 1 saturated carbocycles.